The summed E-state index contributed by atoms with van der Waals surface area (Å²) in [5, 5.41) is 8.48. The minimum absolute atomic E-state index is 0.00617. The fourth-order valence-electron chi connectivity index (χ4n) is 1.95. The van der Waals surface area contributed by atoms with E-state index in [2.05, 4.69) is 27.7 Å². The molecule has 0 aromatic heterocycles. The van der Waals surface area contributed by atoms with Gasteiger partial charge >= 0.3 is 5.97 Å². The molecule has 0 spiro atoms. The van der Waals surface area contributed by atoms with E-state index in [4.69, 9.17) is 10.8 Å². The van der Waals surface area contributed by atoms with Gasteiger partial charge in [0.25, 0.3) is 0 Å². The molecule has 3 heteroatoms. The van der Waals surface area contributed by atoms with Crippen molar-refractivity contribution in [2.24, 2.45) is 11.7 Å². The van der Waals surface area contributed by atoms with Crippen molar-refractivity contribution >= 4 is 5.97 Å². The molecular weight excluding hydrogens is 274 g/mol. The molecule has 0 saturated carbocycles. The normalized spacial score (nSPS) is 12.3. The van der Waals surface area contributed by atoms with Crippen molar-refractivity contribution < 1.29 is 9.90 Å². The Morgan fingerprint density at radius 1 is 1.18 bits per heavy atom. The molecule has 3 nitrogen and oxygen atoms in total. The number of hydrogen-bond donors (Lipinski definition) is 2. The van der Waals surface area contributed by atoms with E-state index in [1.165, 1.54) is 32.1 Å². The smallest absolute Gasteiger partial charge is 0.335 e. The molecule has 3 N–H and O–H groups in total. The Balaban J connectivity index is 0.000000406. The van der Waals surface area contributed by atoms with Crippen molar-refractivity contribution in [3.63, 3.8) is 0 Å². The van der Waals surface area contributed by atoms with Crippen LogP contribution in [0.2, 0.25) is 0 Å². The molecule has 1 atom stereocenters. The molecule has 0 aliphatic rings. The molecule has 22 heavy (non-hydrogen) atoms. The average Bonchev–Trinajstić information content (AvgIpc) is 2.43. The van der Waals surface area contributed by atoms with Gasteiger partial charge in [-0.25, -0.2) is 4.79 Å². The molecule has 0 saturated heterocycles. The van der Waals surface area contributed by atoms with Crippen LogP contribution in [0.4, 0.5) is 0 Å². The number of aryl methyl sites for hydroxylation is 1. The number of unbranched alkanes of at least 4 members (excludes halogenated alkanes) is 3. The topological polar surface area (TPSA) is 63.3 Å². The second-order valence-corrected chi connectivity index (χ2v) is 6.74. The number of benzene rings is 1. The number of hydrogen-bond acceptors (Lipinski definition) is 2. The lowest BCUT2D eigenvalue weighted by Gasteiger charge is -2.27. The Hall–Kier alpha value is -1.35. The van der Waals surface area contributed by atoms with Crippen LogP contribution in [0.3, 0.4) is 0 Å². The summed E-state index contributed by atoms with van der Waals surface area (Å²) >= 11 is 0. The summed E-state index contributed by atoms with van der Waals surface area (Å²) in [7, 11) is 0. The van der Waals surface area contributed by atoms with E-state index < -0.39 is 5.97 Å². The second-order valence-electron chi connectivity index (χ2n) is 6.74. The molecule has 0 radical (unpaired) electrons. The third-order valence-corrected chi connectivity index (χ3v) is 4.06. The van der Waals surface area contributed by atoms with Crippen LogP contribution in [0, 0.1) is 12.8 Å². The van der Waals surface area contributed by atoms with Crippen molar-refractivity contribution in [1.82, 2.24) is 0 Å². The van der Waals surface area contributed by atoms with Gasteiger partial charge in [-0.3, -0.25) is 0 Å². The van der Waals surface area contributed by atoms with Crippen molar-refractivity contribution in [3.8, 4) is 0 Å². The standard InChI is InChI=1S/C11H25N.C8H8O2/c1-5-6-7-8-9-10(2)11(3,4)12;1-6-2-4-7(5-3-6)8(9)10/h10H,5-9,12H2,1-4H3;2-5H,1H3,(H,9,10). The zero-order chi connectivity index (χ0) is 17.2. The third kappa shape index (κ3) is 9.56. The SMILES string of the molecule is CCCCCCC(C)C(C)(C)N.Cc1ccc(C(=O)O)cc1. The van der Waals surface area contributed by atoms with E-state index in [0.717, 1.165) is 5.56 Å². The molecule has 0 aliphatic heterocycles. The molecular formula is C19H33NO2. The minimum atomic E-state index is -0.875. The first-order valence-electron chi connectivity index (χ1n) is 8.27. The summed E-state index contributed by atoms with van der Waals surface area (Å²) in [5.41, 5.74) is 7.41. The fraction of sp³-hybridized carbons (Fsp3) is 0.632. The minimum Gasteiger partial charge on any atom is -0.478 e. The van der Waals surface area contributed by atoms with Crippen LogP contribution in [0.25, 0.3) is 0 Å². The van der Waals surface area contributed by atoms with Gasteiger partial charge in [-0.15, -0.1) is 0 Å². The molecule has 1 rings (SSSR count). The Morgan fingerprint density at radius 2 is 1.73 bits per heavy atom. The van der Waals surface area contributed by atoms with Gasteiger partial charge in [0.05, 0.1) is 5.56 Å². The lowest BCUT2D eigenvalue weighted by molar-refractivity contribution is 0.0697. The number of rotatable bonds is 7. The predicted molar refractivity (Wildman–Crippen MR) is 94.3 cm³/mol. The van der Waals surface area contributed by atoms with Crippen LogP contribution < -0.4 is 5.73 Å². The lowest BCUT2D eigenvalue weighted by Crippen LogP contribution is -2.39. The van der Waals surface area contributed by atoms with Crippen molar-refractivity contribution in [2.45, 2.75) is 72.3 Å². The Kier molecular flexibility index (Phi) is 9.75. The molecule has 1 aromatic rings. The van der Waals surface area contributed by atoms with Gasteiger partial charge in [0.2, 0.25) is 0 Å². The van der Waals surface area contributed by atoms with Gasteiger partial charge in [0, 0.05) is 5.54 Å². The zero-order valence-electron chi connectivity index (χ0n) is 14.9. The highest BCUT2D eigenvalue weighted by Gasteiger charge is 2.19. The number of carboxylic acid groups (broad SMARTS) is 1. The summed E-state index contributed by atoms with van der Waals surface area (Å²) in [5.74, 6) is -0.227. The second kappa shape index (κ2) is 10.4. The Bertz CT molecular complexity index is 418. The first kappa shape index (κ1) is 20.6. The molecule has 0 fully saturated rings. The molecule has 0 amide bonds. The highest BCUT2D eigenvalue weighted by Crippen LogP contribution is 2.19. The van der Waals surface area contributed by atoms with Crippen LogP contribution in [-0.2, 0) is 0 Å². The monoisotopic (exact) mass is 307 g/mol. The van der Waals surface area contributed by atoms with Crippen molar-refractivity contribution in [2.75, 3.05) is 0 Å². The highest BCUT2D eigenvalue weighted by atomic mass is 16.4. The van der Waals surface area contributed by atoms with Crippen molar-refractivity contribution in [3.05, 3.63) is 35.4 Å². The summed E-state index contributed by atoms with van der Waals surface area (Å²) in [6.45, 7) is 10.7. The van der Waals surface area contributed by atoms with Gasteiger partial charge in [-0.2, -0.15) is 0 Å². The summed E-state index contributed by atoms with van der Waals surface area (Å²) < 4.78 is 0. The molecule has 0 bridgehead atoms. The van der Waals surface area contributed by atoms with Crippen molar-refractivity contribution in [1.29, 1.82) is 0 Å². The Morgan fingerprint density at radius 3 is 2.14 bits per heavy atom. The van der Waals surface area contributed by atoms with Gasteiger partial charge in [0.15, 0.2) is 0 Å². The number of aromatic carboxylic acids is 1. The van der Waals surface area contributed by atoms with E-state index in [0.29, 0.717) is 11.5 Å². The maximum atomic E-state index is 10.3. The summed E-state index contributed by atoms with van der Waals surface area (Å²) in [6.07, 6.45) is 6.69. The van der Waals surface area contributed by atoms with Gasteiger partial charge < -0.3 is 10.8 Å². The first-order chi connectivity index (χ1) is 10.2. The number of carboxylic acids is 1. The van der Waals surface area contributed by atoms with Crippen LogP contribution in [0.1, 0.15) is 75.7 Å². The average molecular weight is 307 g/mol. The van der Waals surface area contributed by atoms with Gasteiger partial charge in [-0.1, -0.05) is 57.2 Å². The fourth-order valence-corrected chi connectivity index (χ4v) is 1.95. The summed E-state index contributed by atoms with van der Waals surface area (Å²) in [4.78, 5) is 10.3. The first-order valence-corrected chi connectivity index (χ1v) is 8.27. The zero-order valence-corrected chi connectivity index (χ0v) is 14.9. The molecule has 126 valence electrons. The third-order valence-electron chi connectivity index (χ3n) is 4.06. The lowest BCUT2D eigenvalue weighted by atomic mass is 9.86. The quantitative estimate of drug-likeness (QED) is 0.695. The largest absolute Gasteiger partial charge is 0.478 e. The van der Waals surface area contributed by atoms with E-state index in [9.17, 15) is 4.79 Å². The summed E-state index contributed by atoms with van der Waals surface area (Å²) in [6, 6.07) is 6.75. The van der Waals surface area contributed by atoms with Gasteiger partial charge in [0.1, 0.15) is 0 Å². The Labute approximate surface area is 135 Å². The maximum Gasteiger partial charge on any atom is 0.335 e. The van der Waals surface area contributed by atoms with Crippen LogP contribution in [0.5, 0.6) is 0 Å². The molecule has 0 heterocycles. The van der Waals surface area contributed by atoms with Crippen LogP contribution >= 0.6 is 0 Å². The van der Waals surface area contributed by atoms with Gasteiger partial charge in [-0.05, 0) is 45.2 Å². The van der Waals surface area contributed by atoms with Crippen LogP contribution in [0.15, 0.2) is 24.3 Å². The predicted octanol–water partition coefficient (Wildman–Crippen LogP) is 5.02. The highest BCUT2D eigenvalue weighted by molar-refractivity contribution is 5.87. The molecule has 1 aromatic carbocycles. The van der Waals surface area contributed by atoms with Crippen LogP contribution in [-0.4, -0.2) is 16.6 Å². The maximum absolute atomic E-state index is 10.3. The van der Waals surface area contributed by atoms with E-state index in [1.807, 2.05) is 6.92 Å². The molecule has 0 aliphatic carbocycles. The number of nitrogens with two attached hydrogens (primary N) is 1. The van der Waals surface area contributed by atoms with E-state index in [1.54, 1.807) is 24.3 Å². The number of carbonyl (C=O) groups is 1. The molecule has 1 unspecified atom stereocenters. The van der Waals surface area contributed by atoms with E-state index in [-0.39, 0.29) is 5.54 Å². The van der Waals surface area contributed by atoms with E-state index >= 15 is 0 Å².